The summed E-state index contributed by atoms with van der Waals surface area (Å²) >= 11 is 0. The average Bonchev–Trinajstić information content (AvgIpc) is 2.71. The number of nitrogens with one attached hydrogen (secondary N) is 2. The van der Waals surface area contributed by atoms with E-state index >= 15 is 0 Å². The quantitative estimate of drug-likeness (QED) is 0.785. The summed E-state index contributed by atoms with van der Waals surface area (Å²) in [7, 11) is -3.30. The van der Waals surface area contributed by atoms with Gasteiger partial charge in [0.2, 0.25) is 10.0 Å². The molecule has 1 aliphatic rings. The van der Waals surface area contributed by atoms with Gasteiger partial charge in [0.15, 0.2) is 0 Å². The first-order valence-electron chi connectivity index (χ1n) is 4.76. The van der Waals surface area contributed by atoms with E-state index in [2.05, 4.69) is 14.9 Å². The Morgan fingerprint density at radius 3 is 2.80 bits per heavy atom. The van der Waals surface area contributed by atoms with Crippen LogP contribution >= 0.6 is 0 Å². The number of sulfonamides is 1. The molecule has 0 unspecified atom stereocenters. The second kappa shape index (κ2) is 4.19. The van der Waals surface area contributed by atoms with Crippen LogP contribution in [-0.2, 0) is 14.8 Å². The SMILES string of the molecule is O=S(=O)(Nc1cn[nH]c1)C1CCOCC1. The van der Waals surface area contributed by atoms with Crippen LogP contribution in [0.3, 0.4) is 0 Å². The maximum Gasteiger partial charge on any atom is 0.235 e. The average molecular weight is 231 g/mol. The van der Waals surface area contributed by atoms with Crippen LogP contribution < -0.4 is 4.72 Å². The Bertz CT molecular complexity index is 395. The summed E-state index contributed by atoms with van der Waals surface area (Å²) in [6.07, 6.45) is 4.05. The summed E-state index contributed by atoms with van der Waals surface area (Å²) in [4.78, 5) is 0. The number of ether oxygens (including phenoxy) is 1. The summed E-state index contributed by atoms with van der Waals surface area (Å²) in [5.41, 5.74) is 0.474. The zero-order valence-electron chi connectivity index (χ0n) is 8.14. The number of aromatic amines is 1. The van der Waals surface area contributed by atoms with Crippen LogP contribution in [0, 0.1) is 0 Å². The van der Waals surface area contributed by atoms with E-state index in [1.165, 1.54) is 12.4 Å². The van der Waals surface area contributed by atoms with Gasteiger partial charge in [-0.3, -0.25) is 9.82 Å². The minimum Gasteiger partial charge on any atom is -0.381 e. The van der Waals surface area contributed by atoms with Crippen molar-refractivity contribution in [1.82, 2.24) is 10.2 Å². The molecule has 0 radical (unpaired) electrons. The van der Waals surface area contributed by atoms with E-state index in [1.54, 1.807) is 0 Å². The molecule has 1 fully saturated rings. The van der Waals surface area contributed by atoms with Gasteiger partial charge in [0, 0.05) is 19.4 Å². The lowest BCUT2D eigenvalue weighted by molar-refractivity contribution is 0.0984. The molecule has 0 aliphatic carbocycles. The Morgan fingerprint density at radius 2 is 2.20 bits per heavy atom. The molecule has 15 heavy (non-hydrogen) atoms. The number of nitrogens with zero attached hydrogens (tertiary/aromatic N) is 1. The van der Waals surface area contributed by atoms with E-state index in [9.17, 15) is 8.42 Å². The van der Waals surface area contributed by atoms with Crippen molar-refractivity contribution >= 4 is 15.7 Å². The topological polar surface area (TPSA) is 84.1 Å². The van der Waals surface area contributed by atoms with Crippen LogP contribution in [0.25, 0.3) is 0 Å². The summed E-state index contributed by atoms with van der Waals surface area (Å²) < 4.78 is 31.3. The van der Waals surface area contributed by atoms with Crippen molar-refractivity contribution in [2.24, 2.45) is 0 Å². The van der Waals surface area contributed by atoms with Crippen molar-refractivity contribution in [1.29, 1.82) is 0 Å². The van der Waals surface area contributed by atoms with E-state index in [0.29, 0.717) is 31.7 Å². The molecule has 2 N–H and O–H groups in total. The third kappa shape index (κ3) is 2.48. The first-order valence-corrected chi connectivity index (χ1v) is 6.31. The minimum atomic E-state index is -3.30. The highest BCUT2D eigenvalue weighted by Gasteiger charge is 2.27. The second-order valence-electron chi connectivity index (χ2n) is 3.45. The fourth-order valence-electron chi connectivity index (χ4n) is 1.54. The smallest absolute Gasteiger partial charge is 0.235 e. The van der Waals surface area contributed by atoms with Gasteiger partial charge in [-0.2, -0.15) is 5.10 Å². The zero-order valence-corrected chi connectivity index (χ0v) is 8.96. The van der Waals surface area contributed by atoms with E-state index < -0.39 is 10.0 Å². The van der Waals surface area contributed by atoms with E-state index in [-0.39, 0.29) is 5.25 Å². The van der Waals surface area contributed by atoms with Crippen LogP contribution in [0.1, 0.15) is 12.8 Å². The summed E-state index contributed by atoms with van der Waals surface area (Å²) in [6, 6.07) is 0. The lowest BCUT2D eigenvalue weighted by Gasteiger charge is -2.22. The molecule has 2 heterocycles. The molecule has 2 rings (SSSR count). The Balaban J connectivity index is 2.05. The highest BCUT2D eigenvalue weighted by atomic mass is 32.2. The summed E-state index contributed by atoms with van der Waals surface area (Å²) in [6.45, 7) is 1.02. The monoisotopic (exact) mass is 231 g/mol. The van der Waals surface area contributed by atoms with Crippen LogP contribution in [0.2, 0.25) is 0 Å². The molecule has 1 saturated heterocycles. The van der Waals surface area contributed by atoms with Crippen LogP contribution in [0.4, 0.5) is 5.69 Å². The molecule has 0 bridgehead atoms. The number of aromatic nitrogens is 2. The third-order valence-corrected chi connectivity index (χ3v) is 4.23. The number of anilines is 1. The van der Waals surface area contributed by atoms with E-state index in [4.69, 9.17) is 4.74 Å². The van der Waals surface area contributed by atoms with Gasteiger partial charge < -0.3 is 4.74 Å². The molecule has 6 nitrogen and oxygen atoms in total. The molecule has 1 aromatic heterocycles. The molecule has 0 amide bonds. The number of hydrogen-bond donors (Lipinski definition) is 2. The van der Waals surface area contributed by atoms with Gasteiger partial charge >= 0.3 is 0 Å². The predicted molar refractivity (Wildman–Crippen MR) is 55.0 cm³/mol. The number of H-pyrrole nitrogens is 1. The van der Waals surface area contributed by atoms with Crippen molar-refractivity contribution in [3.05, 3.63) is 12.4 Å². The highest BCUT2D eigenvalue weighted by molar-refractivity contribution is 7.93. The molecule has 0 aromatic carbocycles. The fourth-order valence-corrected chi connectivity index (χ4v) is 2.96. The molecule has 7 heteroatoms. The van der Waals surface area contributed by atoms with Gasteiger partial charge in [0.25, 0.3) is 0 Å². The highest BCUT2D eigenvalue weighted by Crippen LogP contribution is 2.18. The lowest BCUT2D eigenvalue weighted by atomic mass is 10.2. The van der Waals surface area contributed by atoms with E-state index in [0.717, 1.165) is 0 Å². The van der Waals surface area contributed by atoms with Gasteiger partial charge in [0.1, 0.15) is 0 Å². The molecule has 0 atom stereocenters. The minimum absolute atomic E-state index is 0.360. The Kier molecular flexibility index (Phi) is 2.92. The van der Waals surface area contributed by atoms with Crippen LogP contribution in [0.15, 0.2) is 12.4 Å². The molecule has 0 spiro atoms. The molecular formula is C8H13N3O3S. The first-order chi connectivity index (χ1) is 7.18. The number of hydrogen-bond acceptors (Lipinski definition) is 4. The standard InChI is InChI=1S/C8H13N3O3S/c12-15(13,8-1-3-14-4-2-8)11-7-5-9-10-6-7/h5-6,8,11H,1-4H2,(H,9,10). The van der Waals surface area contributed by atoms with Crippen LogP contribution in [-0.4, -0.2) is 37.1 Å². The van der Waals surface area contributed by atoms with Crippen molar-refractivity contribution in [3.8, 4) is 0 Å². The van der Waals surface area contributed by atoms with Gasteiger partial charge in [-0.05, 0) is 12.8 Å². The van der Waals surface area contributed by atoms with Crippen molar-refractivity contribution in [2.75, 3.05) is 17.9 Å². The largest absolute Gasteiger partial charge is 0.381 e. The second-order valence-corrected chi connectivity index (χ2v) is 5.41. The molecule has 0 saturated carbocycles. The summed E-state index contributed by atoms with van der Waals surface area (Å²) in [5, 5.41) is 5.87. The molecular weight excluding hydrogens is 218 g/mol. The normalized spacial score (nSPS) is 18.9. The Morgan fingerprint density at radius 1 is 1.47 bits per heavy atom. The van der Waals surface area contributed by atoms with Crippen LogP contribution in [0.5, 0.6) is 0 Å². The molecule has 1 aliphatic heterocycles. The van der Waals surface area contributed by atoms with Crippen molar-refractivity contribution < 1.29 is 13.2 Å². The maximum absolute atomic E-state index is 11.8. The maximum atomic E-state index is 11.8. The van der Waals surface area contributed by atoms with Crippen molar-refractivity contribution in [3.63, 3.8) is 0 Å². The molecule has 84 valence electrons. The van der Waals surface area contributed by atoms with Gasteiger partial charge in [0.05, 0.1) is 17.1 Å². The third-order valence-electron chi connectivity index (χ3n) is 2.37. The van der Waals surface area contributed by atoms with E-state index in [1.807, 2.05) is 0 Å². The number of rotatable bonds is 3. The van der Waals surface area contributed by atoms with Gasteiger partial charge in [-0.25, -0.2) is 8.42 Å². The Hall–Kier alpha value is -1.08. The first kappa shape index (κ1) is 10.4. The summed E-state index contributed by atoms with van der Waals surface area (Å²) in [5.74, 6) is 0. The predicted octanol–water partition coefficient (Wildman–Crippen LogP) is 0.330. The molecule has 1 aromatic rings. The van der Waals surface area contributed by atoms with Gasteiger partial charge in [-0.15, -0.1) is 0 Å². The lowest BCUT2D eigenvalue weighted by Crippen LogP contribution is -2.33. The van der Waals surface area contributed by atoms with Crippen molar-refractivity contribution in [2.45, 2.75) is 18.1 Å². The fraction of sp³-hybridized carbons (Fsp3) is 0.625. The Labute approximate surface area is 88.1 Å². The zero-order chi connectivity index (χ0) is 10.7. The van der Waals surface area contributed by atoms with Gasteiger partial charge in [-0.1, -0.05) is 0 Å².